The van der Waals surface area contributed by atoms with E-state index in [1.54, 1.807) is 0 Å². The van der Waals surface area contributed by atoms with Gasteiger partial charge in [0.05, 0.1) is 12.7 Å². The second kappa shape index (κ2) is 12.2. The number of anilines is 1. The Bertz CT molecular complexity index is 1340. The number of nitrogens with zero attached hydrogens (tertiary/aromatic N) is 1. The number of benzene rings is 3. The lowest BCUT2D eigenvalue weighted by molar-refractivity contribution is 0.0367. The lowest BCUT2D eigenvalue weighted by Crippen LogP contribution is -2.40. The quantitative estimate of drug-likeness (QED) is 0.257. The predicted molar refractivity (Wildman–Crippen MR) is 153 cm³/mol. The zero-order chi connectivity index (χ0) is 26.3. The molecule has 6 heteroatoms. The summed E-state index contributed by atoms with van der Waals surface area (Å²) in [7, 11) is 0. The highest BCUT2D eigenvalue weighted by Crippen LogP contribution is 2.27. The van der Waals surface area contributed by atoms with E-state index < -0.39 is 0 Å². The highest BCUT2D eigenvalue weighted by molar-refractivity contribution is 5.66. The van der Waals surface area contributed by atoms with Gasteiger partial charge in [-0.3, -0.25) is 0 Å². The van der Waals surface area contributed by atoms with Crippen molar-refractivity contribution in [3.05, 3.63) is 107 Å². The molecule has 0 spiro atoms. The van der Waals surface area contributed by atoms with Crippen LogP contribution in [0.5, 0.6) is 11.5 Å². The third-order valence-corrected chi connectivity index (χ3v) is 7.14. The summed E-state index contributed by atoms with van der Waals surface area (Å²) in [5.41, 5.74) is 13.2. The SMILES string of the molecule is CCc1cc(CO[C@H]2CNC[C@@H]2NCc2cc(-c3ccc(Oc4ccccc4)cc3)cnc2N)ccc1C. The Morgan fingerprint density at radius 1 is 0.921 bits per heavy atom. The molecule has 0 aliphatic carbocycles. The van der Waals surface area contributed by atoms with Gasteiger partial charge in [-0.25, -0.2) is 4.98 Å². The van der Waals surface area contributed by atoms with Crippen molar-refractivity contribution in [1.82, 2.24) is 15.6 Å². The van der Waals surface area contributed by atoms with Crippen molar-refractivity contribution in [2.75, 3.05) is 18.8 Å². The third-order valence-electron chi connectivity index (χ3n) is 7.14. The molecular formula is C32H36N4O2. The molecule has 0 radical (unpaired) electrons. The largest absolute Gasteiger partial charge is 0.457 e. The number of nitrogens with one attached hydrogen (secondary N) is 2. The molecule has 1 fully saturated rings. The van der Waals surface area contributed by atoms with Crippen LogP contribution < -0.4 is 21.1 Å². The molecular weight excluding hydrogens is 472 g/mol. The van der Waals surface area contributed by atoms with Gasteiger partial charge in [0.15, 0.2) is 0 Å². The van der Waals surface area contributed by atoms with E-state index in [1.165, 1.54) is 16.7 Å². The fraction of sp³-hybridized carbons (Fsp3) is 0.281. The first-order chi connectivity index (χ1) is 18.6. The van der Waals surface area contributed by atoms with E-state index in [4.69, 9.17) is 15.2 Å². The van der Waals surface area contributed by atoms with Gasteiger partial charge in [-0.1, -0.05) is 55.5 Å². The summed E-state index contributed by atoms with van der Waals surface area (Å²) in [5, 5.41) is 7.10. The Morgan fingerprint density at radius 3 is 2.50 bits per heavy atom. The number of pyridine rings is 1. The van der Waals surface area contributed by atoms with Crippen LogP contribution in [-0.4, -0.2) is 30.2 Å². The number of ether oxygens (including phenoxy) is 2. The van der Waals surface area contributed by atoms with Crippen molar-refractivity contribution >= 4 is 5.82 Å². The van der Waals surface area contributed by atoms with Crippen molar-refractivity contribution in [2.45, 2.75) is 45.6 Å². The van der Waals surface area contributed by atoms with E-state index in [2.05, 4.69) is 53.7 Å². The van der Waals surface area contributed by atoms with Gasteiger partial charge in [0.25, 0.3) is 0 Å². The maximum Gasteiger partial charge on any atom is 0.127 e. The molecule has 2 heterocycles. The Morgan fingerprint density at radius 2 is 1.71 bits per heavy atom. The van der Waals surface area contributed by atoms with Gasteiger partial charge in [-0.2, -0.15) is 0 Å². The molecule has 0 saturated carbocycles. The molecule has 196 valence electrons. The molecule has 4 N–H and O–H groups in total. The van der Waals surface area contributed by atoms with Gasteiger partial charge in [0.2, 0.25) is 0 Å². The van der Waals surface area contributed by atoms with Gasteiger partial charge in [0.1, 0.15) is 17.3 Å². The first-order valence-corrected chi connectivity index (χ1v) is 13.3. The molecule has 1 aliphatic heterocycles. The van der Waals surface area contributed by atoms with Crippen LogP contribution in [-0.2, 0) is 24.3 Å². The fourth-order valence-corrected chi connectivity index (χ4v) is 4.83. The van der Waals surface area contributed by atoms with Gasteiger partial charge >= 0.3 is 0 Å². The summed E-state index contributed by atoms with van der Waals surface area (Å²) >= 11 is 0. The Kier molecular flexibility index (Phi) is 8.34. The van der Waals surface area contributed by atoms with E-state index in [-0.39, 0.29) is 12.1 Å². The minimum absolute atomic E-state index is 0.0934. The average molecular weight is 509 g/mol. The van der Waals surface area contributed by atoms with Crippen LogP contribution >= 0.6 is 0 Å². The molecule has 0 bridgehead atoms. The van der Waals surface area contributed by atoms with E-state index in [0.717, 1.165) is 47.7 Å². The summed E-state index contributed by atoms with van der Waals surface area (Å²) in [5.74, 6) is 2.15. The number of hydrogen-bond acceptors (Lipinski definition) is 6. The fourth-order valence-electron chi connectivity index (χ4n) is 4.83. The zero-order valence-corrected chi connectivity index (χ0v) is 22.1. The van der Waals surface area contributed by atoms with Gasteiger partial charge in [-0.05, 0) is 65.9 Å². The molecule has 4 aromatic rings. The molecule has 1 aromatic heterocycles. The molecule has 5 rings (SSSR count). The molecule has 38 heavy (non-hydrogen) atoms. The number of hydrogen-bond donors (Lipinski definition) is 3. The van der Waals surface area contributed by atoms with Crippen LogP contribution in [0.15, 0.2) is 85.1 Å². The lowest BCUT2D eigenvalue weighted by Gasteiger charge is -2.21. The van der Waals surface area contributed by atoms with Crippen molar-refractivity contribution in [2.24, 2.45) is 0 Å². The highest BCUT2D eigenvalue weighted by atomic mass is 16.5. The number of nitrogens with two attached hydrogens (primary N) is 1. The highest BCUT2D eigenvalue weighted by Gasteiger charge is 2.27. The summed E-state index contributed by atoms with van der Waals surface area (Å²) in [6.45, 7) is 7.28. The predicted octanol–water partition coefficient (Wildman–Crippen LogP) is 5.64. The van der Waals surface area contributed by atoms with Gasteiger partial charge < -0.3 is 25.8 Å². The van der Waals surface area contributed by atoms with Gasteiger partial charge in [-0.15, -0.1) is 0 Å². The van der Waals surface area contributed by atoms with Crippen LogP contribution in [0.4, 0.5) is 5.82 Å². The van der Waals surface area contributed by atoms with Crippen LogP contribution in [0.25, 0.3) is 11.1 Å². The number of rotatable bonds is 10. The molecule has 1 saturated heterocycles. The van der Waals surface area contributed by atoms with E-state index in [1.807, 2.05) is 60.8 Å². The van der Waals surface area contributed by atoms with Crippen LogP contribution in [0.1, 0.15) is 29.2 Å². The smallest absolute Gasteiger partial charge is 0.127 e. The van der Waals surface area contributed by atoms with E-state index in [0.29, 0.717) is 19.0 Å². The average Bonchev–Trinajstić information content (AvgIpc) is 3.40. The van der Waals surface area contributed by atoms with Crippen LogP contribution in [0, 0.1) is 6.92 Å². The zero-order valence-electron chi connectivity index (χ0n) is 22.1. The van der Waals surface area contributed by atoms with Crippen molar-refractivity contribution in [3.8, 4) is 22.6 Å². The third kappa shape index (κ3) is 6.40. The Labute approximate surface area is 225 Å². The Balaban J connectivity index is 1.19. The van der Waals surface area contributed by atoms with E-state index >= 15 is 0 Å². The molecule has 1 aliphatic rings. The minimum Gasteiger partial charge on any atom is -0.457 e. The van der Waals surface area contributed by atoms with Crippen LogP contribution in [0.2, 0.25) is 0 Å². The second-order valence-electron chi connectivity index (χ2n) is 9.82. The summed E-state index contributed by atoms with van der Waals surface area (Å²) in [4.78, 5) is 4.47. The monoisotopic (exact) mass is 508 g/mol. The normalized spacial score (nSPS) is 17.0. The maximum atomic E-state index is 6.32. The Hall–Kier alpha value is -3.71. The summed E-state index contributed by atoms with van der Waals surface area (Å²) < 4.78 is 12.2. The standard InChI is InChI=1S/C32H36N4O2/c1-3-24-15-23(10-9-22(24)2)21-37-31-20-34-19-30(31)35-18-27-16-26(17-36-32(27)33)25-11-13-29(14-12-25)38-28-7-5-4-6-8-28/h4-17,30-31,34-35H,3,18-21H2,1-2H3,(H2,33,36)/t30-,31-/m0/s1. The summed E-state index contributed by atoms with van der Waals surface area (Å²) in [6.07, 6.45) is 2.95. The topological polar surface area (TPSA) is 81.4 Å². The molecule has 3 aromatic carbocycles. The van der Waals surface area contributed by atoms with Crippen molar-refractivity contribution in [3.63, 3.8) is 0 Å². The first kappa shape index (κ1) is 25.9. The molecule has 6 nitrogen and oxygen atoms in total. The summed E-state index contributed by atoms with van der Waals surface area (Å²) in [6, 6.07) is 26.7. The number of aromatic nitrogens is 1. The molecule has 0 unspecified atom stereocenters. The van der Waals surface area contributed by atoms with Gasteiger partial charge in [0, 0.05) is 43.0 Å². The van der Waals surface area contributed by atoms with Crippen molar-refractivity contribution < 1.29 is 9.47 Å². The molecule has 0 amide bonds. The first-order valence-electron chi connectivity index (χ1n) is 13.3. The lowest BCUT2D eigenvalue weighted by atomic mass is 10.0. The van der Waals surface area contributed by atoms with Crippen molar-refractivity contribution in [1.29, 1.82) is 0 Å². The minimum atomic E-state index is 0.0934. The number of nitrogen functional groups attached to an aromatic ring is 1. The number of aryl methyl sites for hydroxylation is 2. The number of para-hydroxylation sites is 1. The molecule has 2 atom stereocenters. The van der Waals surface area contributed by atoms with E-state index in [9.17, 15) is 0 Å². The second-order valence-corrected chi connectivity index (χ2v) is 9.82. The van der Waals surface area contributed by atoms with Crippen LogP contribution in [0.3, 0.4) is 0 Å². The maximum absolute atomic E-state index is 6.32.